The Morgan fingerprint density at radius 1 is 0.960 bits per heavy atom. The van der Waals surface area contributed by atoms with E-state index in [-0.39, 0.29) is 22.4 Å². The summed E-state index contributed by atoms with van der Waals surface area (Å²) in [5.74, 6) is -0.608. The summed E-state index contributed by atoms with van der Waals surface area (Å²) in [5, 5.41) is 5.58. The number of carbonyl (C=O) groups is 2. The molecule has 1 aliphatic carbocycles. The van der Waals surface area contributed by atoms with Crippen LogP contribution >= 0.6 is 0 Å². The molecule has 0 bridgehead atoms. The molecular weight excluding hydrogens is 340 g/mol. The maximum Gasteiger partial charge on any atom is 0.255 e. The third-order valence-electron chi connectivity index (χ3n) is 3.82. The number of rotatable bonds is 5. The molecule has 1 saturated carbocycles. The molecule has 2 aromatic rings. The highest BCUT2D eigenvalue weighted by Gasteiger charge is 2.23. The van der Waals surface area contributed by atoms with Crippen LogP contribution in [0.2, 0.25) is 0 Å². The molecule has 3 rings (SSSR count). The topological polar surface area (TPSA) is 92.3 Å². The molecule has 2 aromatic carbocycles. The van der Waals surface area contributed by atoms with Crippen molar-refractivity contribution in [2.75, 3.05) is 11.6 Å². The average molecular weight is 358 g/mol. The Morgan fingerprint density at radius 2 is 1.60 bits per heavy atom. The van der Waals surface area contributed by atoms with E-state index in [0.29, 0.717) is 11.3 Å². The molecule has 130 valence electrons. The summed E-state index contributed by atoms with van der Waals surface area (Å²) in [5.41, 5.74) is 1.17. The standard InChI is InChI=1S/C18H18N2O4S/c1-25(23,24)16-7-3-5-13(11-16)18(22)20-15-6-2-4-12(10-15)17(21)19-14-8-9-14/h2-7,10-11,14H,8-9H2,1H3,(H,19,21)(H,20,22). The number of anilines is 1. The van der Waals surface area contributed by atoms with E-state index in [9.17, 15) is 18.0 Å². The highest BCUT2D eigenvalue weighted by Crippen LogP contribution is 2.20. The maximum absolute atomic E-state index is 12.4. The third-order valence-corrected chi connectivity index (χ3v) is 4.93. The van der Waals surface area contributed by atoms with Crippen LogP contribution in [0.5, 0.6) is 0 Å². The fourth-order valence-electron chi connectivity index (χ4n) is 2.31. The Balaban J connectivity index is 1.75. The van der Waals surface area contributed by atoms with Gasteiger partial charge in [0.1, 0.15) is 0 Å². The summed E-state index contributed by atoms with van der Waals surface area (Å²) in [4.78, 5) is 24.5. The molecule has 25 heavy (non-hydrogen) atoms. The SMILES string of the molecule is CS(=O)(=O)c1cccc(C(=O)Nc2cccc(C(=O)NC3CC3)c2)c1. The van der Waals surface area contributed by atoms with Crippen LogP contribution in [0.1, 0.15) is 33.6 Å². The molecular formula is C18H18N2O4S. The van der Waals surface area contributed by atoms with E-state index in [1.807, 2.05) is 0 Å². The molecule has 0 atom stereocenters. The summed E-state index contributed by atoms with van der Waals surface area (Å²) >= 11 is 0. The maximum atomic E-state index is 12.4. The van der Waals surface area contributed by atoms with Crippen LogP contribution in [0, 0.1) is 0 Å². The Bertz CT molecular complexity index is 934. The summed E-state index contributed by atoms with van der Waals surface area (Å²) in [6.45, 7) is 0. The molecule has 2 amide bonds. The van der Waals surface area contributed by atoms with E-state index >= 15 is 0 Å². The van der Waals surface area contributed by atoms with Crippen molar-refractivity contribution in [2.24, 2.45) is 0 Å². The van der Waals surface area contributed by atoms with Crippen molar-refractivity contribution in [3.63, 3.8) is 0 Å². The monoisotopic (exact) mass is 358 g/mol. The van der Waals surface area contributed by atoms with Gasteiger partial charge in [-0.25, -0.2) is 8.42 Å². The average Bonchev–Trinajstić information content (AvgIpc) is 3.38. The van der Waals surface area contributed by atoms with Gasteiger partial charge in [-0.3, -0.25) is 9.59 Å². The van der Waals surface area contributed by atoms with Crippen molar-refractivity contribution in [2.45, 2.75) is 23.8 Å². The summed E-state index contributed by atoms with van der Waals surface area (Å²) in [6.07, 6.45) is 3.09. The molecule has 0 aliphatic heterocycles. The zero-order valence-corrected chi connectivity index (χ0v) is 14.5. The van der Waals surface area contributed by atoms with Crippen molar-refractivity contribution in [3.8, 4) is 0 Å². The first kappa shape index (κ1) is 17.2. The van der Waals surface area contributed by atoms with Crippen molar-refractivity contribution in [1.82, 2.24) is 5.32 Å². The van der Waals surface area contributed by atoms with E-state index in [0.717, 1.165) is 19.1 Å². The van der Waals surface area contributed by atoms with Gasteiger partial charge < -0.3 is 10.6 Å². The van der Waals surface area contributed by atoms with Crippen LogP contribution in [-0.4, -0.2) is 32.5 Å². The normalized spacial score (nSPS) is 14.0. The Labute approximate surface area is 146 Å². The fourth-order valence-corrected chi connectivity index (χ4v) is 2.97. The van der Waals surface area contributed by atoms with E-state index in [2.05, 4.69) is 10.6 Å². The molecule has 0 aromatic heterocycles. The molecule has 7 heteroatoms. The van der Waals surface area contributed by atoms with Gasteiger partial charge in [0.2, 0.25) is 0 Å². The molecule has 0 heterocycles. The number of benzene rings is 2. The van der Waals surface area contributed by atoms with Gasteiger partial charge >= 0.3 is 0 Å². The largest absolute Gasteiger partial charge is 0.349 e. The Morgan fingerprint density at radius 3 is 2.24 bits per heavy atom. The lowest BCUT2D eigenvalue weighted by molar-refractivity contribution is 0.0949. The molecule has 1 fully saturated rings. The first-order valence-corrected chi connectivity index (χ1v) is 9.74. The highest BCUT2D eigenvalue weighted by atomic mass is 32.2. The molecule has 1 aliphatic rings. The van der Waals surface area contributed by atoms with Gasteiger partial charge in [-0.05, 0) is 49.2 Å². The number of sulfone groups is 1. The quantitative estimate of drug-likeness (QED) is 0.857. The number of hydrogen-bond acceptors (Lipinski definition) is 4. The van der Waals surface area contributed by atoms with Gasteiger partial charge in [0.25, 0.3) is 11.8 Å². The number of amides is 2. The zero-order chi connectivity index (χ0) is 18.0. The van der Waals surface area contributed by atoms with Crippen LogP contribution in [0.4, 0.5) is 5.69 Å². The van der Waals surface area contributed by atoms with Crippen LogP contribution in [0.15, 0.2) is 53.4 Å². The smallest absolute Gasteiger partial charge is 0.255 e. The van der Waals surface area contributed by atoms with Gasteiger partial charge in [-0.15, -0.1) is 0 Å². The van der Waals surface area contributed by atoms with Crippen molar-refractivity contribution < 1.29 is 18.0 Å². The zero-order valence-electron chi connectivity index (χ0n) is 13.7. The minimum Gasteiger partial charge on any atom is -0.349 e. The second kappa shape index (κ2) is 6.68. The second-order valence-corrected chi connectivity index (χ2v) is 8.10. The molecule has 2 N–H and O–H groups in total. The summed E-state index contributed by atoms with van der Waals surface area (Å²) in [7, 11) is -3.39. The molecule has 0 saturated heterocycles. The van der Waals surface area contributed by atoms with Crippen molar-refractivity contribution in [3.05, 3.63) is 59.7 Å². The number of hydrogen-bond donors (Lipinski definition) is 2. The van der Waals surface area contributed by atoms with Crippen molar-refractivity contribution >= 4 is 27.3 Å². The lowest BCUT2D eigenvalue weighted by Crippen LogP contribution is -2.25. The van der Waals surface area contributed by atoms with E-state index in [1.54, 1.807) is 24.3 Å². The first-order chi connectivity index (χ1) is 11.8. The Kier molecular flexibility index (Phi) is 4.59. The summed E-state index contributed by atoms with van der Waals surface area (Å²) < 4.78 is 23.2. The minimum atomic E-state index is -3.39. The van der Waals surface area contributed by atoms with Crippen LogP contribution in [0.25, 0.3) is 0 Å². The Hall–Kier alpha value is -2.67. The number of nitrogens with one attached hydrogen (secondary N) is 2. The lowest BCUT2D eigenvalue weighted by Gasteiger charge is -2.09. The van der Waals surface area contributed by atoms with Gasteiger partial charge in [-0.1, -0.05) is 12.1 Å². The number of carbonyl (C=O) groups excluding carboxylic acids is 2. The summed E-state index contributed by atoms with van der Waals surface area (Å²) in [6, 6.07) is 12.7. The van der Waals surface area contributed by atoms with Crippen LogP contribution < -0.4 is 10.6 Å². The molecule has 0 spiro atoms. The third kappa shape index (κ3) is 4.45. The molecule has 0 unspecified atom stereocenters. The van der Waals surface area contributed by atoms with Crippen LogP contribution in [0.3, 0.4) is 0 Å². The second-order valence-electron chi connectivity index (χ2n) is 6.08. The van der Waals surface area contributed by atoms with Crippen molar-refractivity contribution in [1.29, 1.82) is 0 Å². The van der Waals surface area contributed by atoms with Gasteiger partial charge in [-0.2, -0.15) is 0 Å². The minimum absolute atomic E-state index is 0.0812. The van der Waals surface area contributed by atoms with E-state index in [1.165, 1.54) is 24.3 Å². The lowest BCUT2D eigenvalue weighted by atomic mass is 10.1. The molecule has 6 nitrogen and oxygen atoms in total. The first-order valence-electron chi connectivity index (χ1n) is 7.85. The van der Waals surface area contributed by atoms with Gasteiger partial charge in [0, 0.05) is 29.1 Å². The van der Waals surface area contributed by atoms with Gasteiger partial charge in [0.15, 0.2) is 9.84 Å². The van der Waals surface area contributed by atoms with E-state index in [4.69, 9.17) is 0 Å². The fraction of sp³-hybridized carbons (Fsp3) is 0.222. The predicted molar refractivity (Wildman–Crippen MR) is 94.4 cm³/mol. The molecule has 0 radical (unpaired) electrons. The van der Waals surface area contributed by atoms with Gasteiger partial charge in [0.05, 0.1) is 4.90 Å². The van der Waals surface area contributed by atoms with Crippen LogP contribution in [-0.2, 0) is 9.84 Å². The van der Waals surface area contributed by atoms with E-state index < -0.39 is 15.7 Å². The predicted octanol–water partition coefficient (Wildman–Crippen LogP) is 2.23. The highest BCUT2D eigenvalue weighted by molar-refractivity contribution is 7.90.